The summed E-state index contributed by atoms with van der Waals surface area (Å²) in [5.74, 6) is -0.479. The Balaban J connectivity index is 1.89. The summed E-state index contributed by atoms with van der Waals surface area (Å²) in [6.07, 6.45) is 1.08. The van der Waals surface area contributed by atoms with Crippen molar-refractivity contribution in [2.24, 2.45) is 0 Å². The fourth-order valence-electron chi connectivity index (χ4n) is 2.68. The Morgan fingerprint density at radius 2 is 2.18 bits per heavy atom. The SMILES string of the molecule is C[C@@H](C(=O)Nc1cccc(F)c1)N1CC[C@H](OC(C)(C)C)C1. The second kappa shape index (κ2) is 6.75. The fraction of sp³-hybridized carbons (Fsp3) is 0.588. The summed E-state index contributed by atoms with van der Waals surface area (Å²) < 4.78 is 19.1. The van der Waals surface area contributed by atoms with Crippen LogP contribution in [0.2, 0.25) is 0 Å². The van der Waals surface area contributed by atoms with Crippen LogP contribution in [-0.4, -0.2) is 41.6 Å². The van der Waals surface area contributed by atoms with Gasteiger partial charge in [-0.05, 0) is 52.3 Å². The highest BCUT2D eigenvalue weighted by atomic mass is 19.1. The van der Waals surface area contributed by atoms with E-state index >= 15 is 0 Å². The zero-order valence-corrected chi connectivity index (χ0v) is 13.7. The van der Waals surface area contributed by atoms with E-state index in [9.17, 15) is 9.18 Å². The van der Waals surface area contributed by atoms with Gasteiger partial charge in [0.15, 0.2) is 0 Å². The number of nitrogens with one attached hydrogen (secondary N) is 1. The molecule has 1 heterocycles. The van der Waals surface area contributed by atoms with Gasteiger partial charge >= 0.3 is 0 Å². The van der Waals surface area contributed by atoms with Gasteiger partial charge in [0.2, 0.25) is 5.91 Å². The summed E-state index contributed by atoms with van der Waals surface area (Å²) in [6.45, 7) is 9.56. The van der Waals surface area contributed by atoms with Crippen LogP contribution in [0.4, 0.5) is 10.1 Å². The molecule has 0 bridgehead atoms. The van der Waals surface area contributed by atoms with Crippen molar-refractivity contribution in [1.82, 2.24) is 4.90 Å². The third kappa shape index (κ3) is 4.78. The number of rotatable bonds is 4. The van der Waals surface area contributed by atoms with E-state index in [4.69, 9.17) is 4.74 Å². The largest absolute Gasteiger partial charge is 0.371 e. The van der Waals surface area contributed by atoms with E-state index in [0.29, 0.717) is 5.69 Å². The van der Waals surface area contributed by atoms with Crippen LogP contribution in [0.1, 0.15) is 34.1 Å². The molecule has 0 aromatic heterocycles. The first-order valence-electron chi connectivity index (χ1n) is 7.73. The quantitative estimate of drug-likeness (QED) is 0.929. The first-order valence-corrected chi connectivity index (χ1v) is 7.73. The Bertz CT molecular complexity index is 528. The van der Waals surface area contributed by atoms with Crippen LogP contribution < -0.4 is 5.32 Å². The first kappa shape index (κ1) is 16.9. The van der Waals surface area contributed by atoms with Crippen molar-refractivity contribution in [3.05, 3.63) is 30.1 Å². The summed E-state index contributed by atoms with van der Waals surface area (Å²) in [5, 5.41) is 2.76. The molecule has 1 aliphatic rings. The molecule has 22 heavy (non-hydrogen) atoms. The van der Waals surface area contributed by atoms with Gasteiger partial charge in [0.25, 0.3) is 0 Å². The van der Waals surface area contributed by atoms with Crippen molar-refractivity contribution < 1.29 is 13.9 Å². The normalized spacial score (nSPS) is 20.9. The summed E-state index contributed by atoms with van der Waals surface area (Å²) in [6, 6.07) is 5.67. The van der Waals surface area contributed by atoms with E-state index in [1.54, 1.807) is 12.1 Å². The van der Waals surface area contributed by atoms with E-state index in [1.165, 1.54) is 12.1 Å². The maximum absolute atomic E-state index is 13.2. The van der Waals surface area contributed by atoms with Crippen LogP contribution in [0.15, 0.2) is 24.3 Å². The Morgan fingerprint density at radius 3 is 2.82 bits per heavy atom. The molecule has 0 unspecified atom stereocenters. The van der Waals surface area contributed by atoms with Gasteiger partial charge in [0, 0.05) is 18.8 Å². The van der Waals surface area contributed by atoms with Crippen LogP contribution in [0.25, 0.3) is 0 Å². The number of amides is 1. The van der Waals surface area contributed by atoms with Gasteiger partial charge < -0.3 is 10.1 Å². The lowest BCUT2D eigenvalue weighted by molar-refractivity contribution is -0.120. The molecule has 5 heteroatoms. The summed E-state index contributed by atoms with van der Waals surface area (Å²) in [4.78, 5) is 14.4. The Kier molecular flexibility index (Phi) is 5.19. The smallest absolute Gasteiger partial charge is 0.241 e. The van der Waals surface area contributed by atoms with Crippen molar-refractivity contribution in [2.45, 2.75) is 51.9 Å². The highest BCUT2D eigenvalue weighted by molar-refractivity contribution is 5.94. The zero-order valence-electron chi connectivity index (χ0n) is 13.7. The summed E-state index contributed by atoms with van der Waals surface area (Å²) in [7, 11) is 0. The second-order valence-electron chi connectivity index (χ2n) is 6.81. The highest BCUT2D eigenvalue weighted by Gasteiger charge is 2.32. The van der Waals surface area contributed by atoms with Gasteiger partial charge in [0.05, 0.1) is 17.7 Å². The highest BCUT2D eigenvalue weighted by Crippen LogP contribution is 2.21. The number of halogens is 1. The molecular weight excluding hydrogens is 283 g/mol. The number of carbonyl (C=O) groups is 1. The summed E-state index contributed by atoms with van der Waals surface area (Å²) >= 11 is 0. The van der Waals surface area contributed by atoms with E-state index in [-0.39, 0.29) is 29.5 Å². The lowest BCUT2D eigenvalue weighted by atomic mass is 10.2. The zero-order chi connectivity index (χ0) is 16.3. The van der Waals surface area contributed by atoms with E-state index in [2.05, 4.69) is 10.2 Å². The number of benzene rings is 1. The van der Waals surface area contributed by atoms with Gasteiger partial charge in [-0.3, -0.25) is 9.69 Å². The van der Waals surface area contributed by atoms with Crippen molar-refractivity contribution >= 4 is 11.6 Å². The minimum atomic E-state index is -0.356. The van der Waals surface area contributed by atoms with E-state index in [0.717, 1.165) is 19.5 Å². The van der Waals surface area contributed by atoms with Crippen LogP contribution in [0, 0.1) is 5.82 Å². The van der Waals surface area contributed by atoms with Crippen LogP contribution in [0.5, 0.6) is 0 Å². The number of nitrogens with zero attached hydrogens (tertiary/aromatic N) is 1. The molecule has 1 amide bonds. The van der Waals surface area contributed by atoms with E-state index < -0.39 is 0 Å². The number of likely N-dealkylation sites (tertiary alicyclic amines) is 1. The number of ether oxygens (including phenoxy) is 1. The molecule has 1 aromatic carbocycles. The molecular formula is C17H25FN2O2. The Hall–Kier alpha value is -1.46. The lowest BCUT2D eigenvalue weighted by Gasteiger charge is -2.26. The molecule has 0 radical (unpaired) electrons. The predicted octanol–water partition coefficient (Wildman–Crippen LogP) is 3.04. The summed E-state index contributed by atoms with van der Waals surface area (Å²) in [5.41, 5.74) is 0.312. The van der Waals surface area contributed by atoms with Gasteiger partial charge in [-0.2, -0.15) is 0 Å². The van der Waals surface area contributed by atoms with Crippen LogP contribution >= 0.6 is 0 Å². The van der Waals surface area contributed by atoms with Crippen molar-refractivity contribution in [3.63, 3.8) is 0 Å². The maximum Gasteiger partial charge on any atom is 0.241 e. The molecule has 0 saturated carbocycles. The molecule has 1 fully saturated rings. The van der Waals surface area contributed by atoms with Gasteiger partial charge in [-0.25, -0.2) is 4.39 Å². The molecule has 1 aromatic rings. The average Bonchev–Trinajstić information content (AvgIpc) is 2.84. The molecule has 2 rings (SSSR count). The first-order chi connectivity index (χ1) is 10.2. The average molecular weight is 308 g/mol. The number of carbonyl (C=O) groups excluding carboxylic acids is 1. The number of hydrogen-bond donors (Lipinski definition) is 1. The molecule has 1 aliphatic heterocycles. The predicted molar refractivity (Wildman–Crippen MR) is 85.3 cm³/mol. The van der Waals surface area contributed by atoms with Crippen molar-refractivity contribution in [1.29, 1.82) is 0 Å². The molecule has 122 valence electrons. The fourth-order valence-corrected chi connectivity index (χ4v) is 2.68. The van der Waals surface area contributed by atoms with Crippen LogP contribution in [-0.2, 0) is 9.53 Å². The van der Waals surface area contributed by atoms with Crippen molar-refractivity contribution in [3.8, 4) is 0 Å². The second-order valence-corrected chi connectivity index (χ2v) is 6.81. The van der Waals surface area contributed by atoms with E-state index in [1.807, 2.05) is 27.7 Å². The Morgan fingerprint density at radius 1 is 1.45 bits per heavy atom. The molecule has 1 N–H and O–H groups in total. The Labute approximate surface area is 131 Å². The molecule has 4 nitrogen and oxygen atoms in total. The minimum absolute atomic E-state index is 0.123. The molecule has 2 atom stereocenters. The topological polar surface area (TPSA) is 41.6 Å². The molecule has 1 saturated heterocycles. The van der Waals surface area contributed by atoms with Crippen LogP contribution in [0.3, 0.4) is 0 Å². The molecule has 0 aliphatic carbocycles. The third-order valence-corrected chi connectivity index (χ3v) is 3.72. The standard InChI is InChI=1S/C17H25FN2O2/c1-12(16(21)19-14-7-5-6-13(18)10-14)20-9-8-15(11-20)22-17(2,3)4/h5-7,10,12,15H,8-9,11H2,1-4H3,(H,19,21)/t12-,15-/m0/s1. The minimum Gasteiger partial charge on any atom is -0.371 e. The monoisotopic (exact) mass is 308 g/mol. The van der Waals surface area contributed by atoms with Gasteiger partial charge in [-0.15, -0.1) is 0 Å². The van der Waals surface area contributed by atoms with Gasteiger partial charge in [-0.1, -0.05) is 6.07 Å². The lowest BCUT2D eigenvalue weighted by Crippen LogP contribution is -2.41. The van der Waals surface area contributed by atoms with Gasteiger partial charge in [0.1, 0.15) is 5.82 Å². The number of hydrogen-bond acceptors (Lipinski definition) is 3. The maximum atomic E-state index is 13.2. The van der Waals surface area contributed by atoms with Crippen molar-refractivity contribution in [2.75, 3.05) is 18.4 Å². The third-order valence-electron chi connectivity index (χ3n) is 3.72. The number of anilines is 1. The molecule has 0 spiro atoms.